The van der Waals surface area contributed by atoms with Crippen LogP contribution in [0.25, 0.3) is 0 Å². The van der Waals surface area contributed by atoms with Crippen LogP contribution < -0.4 is 5.73 Å². The van der Waals surface area contributed by atoms with Gasteiger partial charge in [0.15, 0.2) is 0 Å². The standard InChI is InChI=1S/C12H23N3O/c13-6-3-4-12(16)15-9-5-11(10-15)14-7-1-2-8-14/h11H,1-10,13H2. The SMILES string of the molecule is NCCCC(=O)N1CCC(N2CCCC2)C1. The van der Waals surface area contributed by atoms with E-state index in [0.29, 0.717) is 24.9 Å². The highest BCUT2D eigenvalue weighted by Crippen LogP contribution is 2.20. The quantitative estimate of drug-likeness (QED) is 0.754. The average molecular weight is 225 g/mol. The predicted molar refractivity (Wildman–Crippen MR) is 64.1 cm³/mol. The maximum atomic E-state index is 11.8. The van der Waals surface area contributed by atoms with Gasteiger partial charge in [0.2, 0.25) is 5.91 Å². The predicted octanol–water partition coefficient (Wildman–Crippen LogP) is 0.422. The molecule has 2 N–H and O–H groups in total. The molecule has 1 amide bonds. The maximum Gasteiger partial charge on any atom is 0.222 e. The Labute approximate surface area is 97.8 Å². The number of hydrogen-bond donors (Lipinski definition) is 1. The summed E-state index contributed by atoms with van der Waals surface area (Å²) in [6.45, 7) is 4.98. The van der Waals surface area contributed by atoms with Gasteiger partial charge in [0.05, 0.1) is 0 Å². The van der Waals surface area contributed by atoms with Crippen LogP contribution >= 0.6 is 0 Å². The van der Waals surface area contributed by atoms with Gasteiger partial charge in [-0.1, -0.05) is 0 Å². The van der Waals surface area contributed by atoms with Gasteiger partial charge in [-0.05, 0) is 45.3 Å². The first-order valence-corrected chi connectivity index (χ1v) is 6.53. The number of hydrogen-bond acceptors (Lipinski definition) is 3. The fraction of sp³-hybridized carbons (Fsp3) is 0.917. The Kier molecular flexibility index (Phi) is 4.18. The second-order valence-electron chi connectivity index (χ2n) is 4.92. The van der Waals surface area contributed by atoms with Crippen LogP contribution in [-0.4, -0.2) is 54.5 Å². The van der Waals surface area contributed by atoms with Crippen LogP contribution in [0, 0.1) is 0 Å². The van der Waals surface area contributed by atoms with E-state index in [1.807, 2.05) is 4.90 Å². The van der Waals surface area contributed by atoms with Gasteiger partial charge < -0.3 is 10.6 Å². The van der Waals surface area contributed by atoms with Crippen LogP contribution in [0.1, 0.15) is 32.1 Å². The van der Waals surface area contributed by atoms with Crippen molar-refractivity contribution in [1.82, 2.24) is 9.80 Å². The molecule has 2 heterocycles. The molecule has 0 aromatic heterocycles. The molecule has 1 atom stereocenters. The van der Waals surface area contributed by atoms with E-state index >= 15 is 0 Å². The molecule has 0 spiro atoms. The first-order valence-electron chi connectivity index (χ1n) is 6.53. The Morgan fingerprint density at radius 3 is 2.69 bits per heavy atom. The molecule has 2 aliphatic heterocycles. The average Bonchev–Trinajstić information content (AvgIpc) is 2.94. The lowest BCUT2D eigenvalue weighted by atomic mass is 10.2. The molecule has 0 saturated carbocycles. The van der Waals surface area contributed by atoms with Gasteiger partial charge in [-0.2, -0.15) is 0 Å². The van der Waals surface area contributed by atoms with Crippen LogP contribution in [0.3, 0.4) is 0 Å². The maximum absolute atomic E-state index is 11.8. The van der Waals surface area contributed by atoms with Crippen molar-refractivity contribution in [2.24, 2.45) is 5.73 Å². The van der Waals surface area contributed by atoms with Crippen molar-refractivity contribution < 1.29 is 4.79 Å². The summed E-state index contributed by atoms with van der Waals surface area (Å²) in [5.74, 6) is 0.298. The Morgan fingerprint density at radius 2 is 2.00 bits per heavy atom. The Hall–Kier alpha value is -0.610. The lowest BCUT2D eigenvalue weighted by Crippen LogP contribution is -2.37. The molecule has 2 saturated heterocycles. The van der Waals surface area contributed by atoms with Gasteiger partial charge in [0.25, 0.3) is 0 Å². The minimum absolute atomic E-state index is 0.298. The zero-order chi connectivity index (χ0) is 11.4. The van der Waals surface area contributed by atoms with E-state index in [0.717, 1.165) is 25.9 Å². The summed E-state index contributed by atoms with van der Waals surface area (Å²) in [7, 11) is 0. The second-order valence-corrected chi connectivity index (χ2v) is 4.92. The highest BCUT2D eigenvalue weighted by Gasteiger charge is 2.30. The van der Waals surface area contributed by atoms with E-state index in [1.54, 1.807) is 0 Å². The van der Waals surface area contributed by atoms with Crippen LogP contribution in [0.4, 0.5) is 0 Å². The molecule has 1 unspecified atom stereocenters. The molecule has 2 rings (SSSR count). The van der Waals surface area contributed by atoms with Crippen molar-refractivity contribution in [2.45, 2.75) is 38.1 Å². The molecular formula is C12H23N3O. The van der Waals surface area contributed by atoms with Crippen molar-refractivity contribution in [3.8, 4) is 0 Å². The molecule has 0 aromatic carbocycles. The van der Waals surface area contributed by atoms with E-state index in [2.05, 4.69) is 4.90 Å². The van der Waals surface area contributed by atoms with Crippen LogP contribution in [-0.2, 0) is 4.79 Å². The second kappa shape index (κ2) is 5.64. The molecule has 4 heteroatoms. The number of nitrogens with zero attached hydrogens (tertiary/aromatic N) is 2. The summed E-state index contributed by atoms with van der Waals surface area (Å²) in [5, 5.41) is 0. The van der Waals surface area contributed by atoms with Crippen molar-refractivity contribution in [1.29, 1.82) is 0 Å². The van der Waals surface area contributed by atoms with Gasteiger partial charge in [0.1, 0.15) is 0 Å². The van der Waals surface area contributed by atoms with Crippen molar-refractivity contribution in [3.05, 3.63) is 0 Å². The monoisotopic (exact) mass is 225 g/mol. The number of carbonyl (C=O) groups excluding carboxylic acids is 1. The fourth-order valence-corrected chi connectivity index (χ4v) is 2.78. The molecule has 16 heavy (non-hydrogen) atoms. The molecule has 2 aliphatic rings. The summed E-state index contributed by atoms with van der Waals surface area (Å²) in [6.07, 6.45) is 5.27. The first-order chi connectivity index (χ1) is 7.81. The molecular weight excluding hydrogens is 202 g/mol. The van der Waals surface area contributed by atoms with Crippen molar-refractivity contribution in [3.63, 3.8) is 0 Å². The first kappa shape index (κ1) is 11.9. The summed E-state index contributed by atoms with van der Waals surface area (Å²) >= 11 is 0. The molecule has 0 aromatic rings. The summed E-state index contributed by atoms with van der Waals surface area (Å²) in [4.78, 5) is 16.4. The largest absolute Gasteiger partial charge is 0.341 e. The van der Waals surface area contributed by atoms with Crippen molar-refractivity contribution in [2.75, 3.05) is 32.7 Å². The lowest BCUT2D eigenvalue weighted by Gasteiger charge is -2.23. The molecule has 92 valence electrons. The van der Waals surface area contributed by atoms with Gasteiger partial charge in [0, 0.05) is 25.6 Å². The Bertz CT molecular complexity index is 238. The minimum Gasteiger partial charge on any atom is -0.341 e. The van der Waals surface area contributed by atoms with E-state index in [1.165, 1.54) is 25.9 Å². The number of amides is 1. The van der Waals surface area contributed by atoms with E-state index in [9.17, 15) is 4.79 Å². The third-order valence-corrected chi connectivity index (χ3v) is 3.77. The topological polar surface area (TPSA) is 49.6 Å². The molecule has 2 fully saturated rings. The van der Waals surface area contributed by atoms with Gasteiger partial charge in [-0.3, -0.25) is 9.69 Å². The van der Waals surface area contributed by atoms with Crippen LogP contribution in [0.15, 0.2) is 0 Å². The summed E-state index contributed by atoms with van der Waals surface area (Å²) < 4.78 is 0. The third-order valence-electron chi connectivity index (χ3n) is 3.77. The van der Waals surface area contributed by atoms with E-state index in [-0.39, 0.29) is 0 Å². The van der Waals surface area contributed by atoms with Crippen LogP contribution in [0.5, 0.6) is 0 Å². The smallest absolute Gasteiger partial charge is 0.222 e. The number of nitrogens with two attached hydrogens (primary N) is 1. The summed E-state index contributed by atoms with van der Waals surface area (Å²) in [5.41, 5.74) is 5.42. The van der Waals surface area contributed by atoms with E-state index < -0.39 is 0 Å². The molecule has 0 radical (unpaired) electrons. The van der Waals surface area contributed by atoms with Crippen molar-refractivity contribution >= 4 is 5.91 Å². The molecule has 0 bridgehead atoms. The Morgan fingerprint density at radius 1 is 1.25 bits per heavy atom. The lowest BCUT2D eigenvalue weighted by molar-refractivity contribution is -0.130. The highest BCUT2D eigenvalue weighted by atomic mass is 16.2. The molecule has 4 nitrogen and oxygen atoms in total. The zero-order valence-electron chi connectivity index (χ0n) is 10.0. The Balaban J connectivity index is 1.76. The van der Waals surface area contributed by atoms with Gasteiger partial charge >= 0.3 is 0 Å². The third kappa shape index (κ3) is 2.74. The van der Waals surface area contributed by atoms with Gasteiger partial charge in [-0.25, -0.2) is 0 Å². The normalized spacial score (nSPS) is 26.6. The highest BCUT2D eigenvalue weighted by molar-refractivity contribution is 5.76. The number of likely N-dealkylation sites (tertiary alicyclic amines) is 2. The summed E-state index contributed by atoms with van der Waals surface area (Å²) in [6, 6.07) is 0.629. The number of rotatable bonds is 4. The minimum atomic E-state index is 0.298. The molecule has 0 aliphatic carbocycles. The van der Waals surface area contributed by atoms with Gasteiger partial charge in [-0.15, -0.1) is 0 Å². The van der Waals surface area contributed by atoms with E-state index in [4.69, 9.17) is 5.73 Å². The fourth-order valence-electron chi connectivity index (χ4n) is 2.78. The zero-order valence-corrected chi connectivity index (χ0v) is 10.0. The van der Waals surface area contributed by atoms with Crippen LogP contribution in [0.2, 0.25) is 0 Å². The number of carbonyl (C=O) groups is 1.